The van der Waals surface area contributed by atoms with E-state index in [0.29, 0.717) is 11.7 Å². The van der Waals surface area contributed by atoms with Gasteiger partial charge in [0.25, 0.3) is 0 Å². The average Bonchev–Trinajstić information content (AvgIpc) is 3.16. The summed E-state index contributed by atoms with van der Waals surface area (Å²) in [5, 5.41) is 6.32. The van der Waals surface area contributed by atoms with Gasteiger partial charge < -0.3 is 19.5 Å². The molecular weight excluding hydrogens is 288 g/mol. The van der Waals surface area contributed by atoms with Crippen LogP contribution in [-0.4, -0.2) is 46.7 Å². The lowest BCUT2D eigenvalue weighted by Crippen LogP contribution is -2.43. The molecule has 1 aliphatic heterocycles. The van der Waals surface area contributed by atoms with Crippen LogP contribution in [0.5, 0.6) is 0 Å². The van der Waals surface area contributed by atoms with E-state index in [2.05, 4.69) is 15.5 Å². The monoisotopic (exact) mass is 302 g/mol. The molecule has 8 heteroatoms. The normalized spacial score (nSPS) is 17.0. The van der Waals surface area contributed by atoms with Crippen molar-refractivity contribution in [3.05, 3.63) is 36.2 Å². The lowest BCUT2D eigenvalue weighted by molar-refractivity contribution is -0.132. The third-order valence-corrected chi connectivity index (χ3v) is 3.22. The molecular formula is C14H14N4O4. The van der Waals surface area contributed by atoms with Crippen LogP contribution in [0.1, 0.15) is 5.89 Å². The van der Waals surface area contributed by atoms with Crippen molar-refractivity contribution in [2.24, 2.45) is 0 Å². The molecule has 2 aromatic rings. The number of hydrogen-bond donors (Lipinski definition) is 1. The summed E-state index contributed by atoms with van der Waals surface area (Å²) in [7, 11) is 1.60. The van der Waals surface area contributed by atoms with Gasteiger partial charge in [-0.15, -0.1) is 0 Å². The summed E-state index contributed by atoms with van der Waals surface area (Å²) >= 11 is 0. The number of benzene rings is 1. The second kappa shape index (κ2) is 5.84. The molecule has 0 saturated carbocycles. The maximum atomic E-state index is 12.1. The largest absolute Gasteiger partial charge is 0.447 e. The predicted octanol–water partition coefficient (Wildman–Crippen LogP) is 0.803. The molecule has 1 aromatic carbocycles. The number of ether oxygens (including phenoxy) is 1. The highest BCUT2D eigenvalue weighted by atomic mass is 16.6. The van der Waals surface area contributed by atoms with Gasteiger partial charge in [-0.1, -0.05) is 35.5 Å². The molecule has 1 aliphatic rings. The smallest absolute Gasteiger partial charge is 0.407 e. The average molecular weight is 302 g/mol. The fraction of sp³-hybridized carbons (Fsp3) is 0.286. The Bertz CT molecular complexity index is 685. The number of aromatic nitrogens is 2. The molecule has 1 saturated heterocycles. The fourth-order valence-corrected chi connectivity index (χ4v) is 2.09. The van der Waals surface area contributed by atoms with Crippen molar-refractivity contribution in [2.45, 2.75) is 12.6 Å². The van der Waals surface area contributed by atoms with Gasteiger partial charge in [-0.2, -0.15) is 4.98 Å². The molecule has 0 unspecified atom stereocenters. The molecule has 1 fully saturated rings. The molecule has 0 bridgehead atoms. The SMILES string of the molecule is CN(Cc1nc(-c2ccccc2)no1)C(=O)[C@H]1COC(=O)N1. The van der Waals surface area contributed by atoms with Crippen LogP contribution >= 0.6 is 0 Å². The Hall–Kier alpha value is -2.90. The molecule has 0 aliphatic carbocycles. The molecule has 2 amide bonds. The molecule has 8 nitrogen and oxygen atoms in total. The highest BCUT2D eigenvalue weighted by Gasteiger charge is 2.31. The lowest BCUT2D eigenvalue weighted by atomic mass is 10.2. The van der Waals surface area contributed by atoms with E-state index in [1.54, 1.807) is 7.05 Å². The topological polar surface area (TPSA) is 97.6 Å². The van der Waals surface area contributed by atoms with Gasteiger partial charge in [0, 0.05) is 12.6 Å². The quantitative estimate of drug-likeness (QED) is 0.897. The van der Waals surface area contributed by atoms with Crippen molar-refractivity contribution in [1.82, 2.24) is 20.4 Å². The Morgan fingerprint density at radius 1 is 1.41 bits per heavy atom. The van der Waals surface area contributed by atoms with Crippen LogP contribution < -0.4 is 5.32 Å². The number of amides is 2. The van der Waals surface area contributed by atoms with Crippen LogP contribution in [-0.2, 0) is 16.1 Å². The van der Waals surface area contributed by atoms with E-state index in [4.69, 9.17) is 9.26 Å². The number of carbonyl (C=O) groups excluding carboxylic acids is 2. The number of likely N-dealkylation sites (N-methyl/N-ethyl adjacent to an activating group) is 1. The minimum Gasteiger partial charge on any atom is -0.447 e. The highest BCUT2D eigenvalue weighted by Crippen LogP contribution is 2.15. The summed E-state index contributed by atoms with van der Waals surface area (Å²) in [5.74, 6) is 0.513. The van der Waals surface area contributed by atoms with E-state index in [0.717, 1.165) is 5.56 Å². The van der Waals surface area contributed by atoms with Crippen LogP contribution in [0.2, 0.25) is 0 Å². The number of carbonyl (C=O) groups is 2. The zero-order valence-electron chi connectivity index (χ0n) is 11.9. The summed E-state index contributed by atoms with van der Waals surface area (Å²) in [6.07, 6.45) is -0.587. The Morgan fingerprint density at radius 2 is 2.18 bits per heavy atom. The maximum absolute atomic E-state index is 12.1. The summed E-state index contributed by atoms with van der Waals surface area (Å²) in [6, 6.07) is 8.72. The first-order valence-corrected chi connectivity index (χ1v) is 6.70. The first-order chi connectivity index (χ1) is 10.6. The standard InChI is InChI=1S/C14H14N4O4/c1-18(13(19)10-8-21-14(20)15-10)7-11-16-12(17-22-11)9-5-3-2-4-6-9/h2-6,10H,7-8H2,1H3,(H,15,20)/t10-/m1/s1. The summed E-state index contributed by atoms with van der Waals surface area (Å²) in [5.41, 5.74) is 0.836. The van der Waals surface area contributed by atoms with Crippen molar-refractivity contribution in [1.29, 1.82) is 0 Å². The van der Waals surface area contributed by atoms with E-state index < -0.39 is 12.1 Å². The van der Waals surface area contributed by atoms with Crippen LogP contribution in [0.25, 0.3) is 11.4 Å². The zero-order chi connectivity index (χ0) is 15.5. The van der Waals surface area contributed by atoms with Gasteiger partial charge in [0.2, 0.25) is 17.6 Å². The van der Waals surface area contributed by atoms with Gasteiger partial charge in [0.15, 0.2) is 0 Å². The number of alkyl carbamates (subject to hydrolysis) is 1. The fourth-order valence-electron chi connectivity index (χ4n) is 2.09. The molecule has 1 atom stereocenters. The lowest BCUT2D eigenvalue weighted by Gasteiger charge is -2.17. The second-order valence-corrected chi connectivity index (χ2v) is 4.87. The van der Waals surface area contributed by atoms with Crippen LogP contribution in [0.4, 0.5) is 4.79 Å². The molecule has 22 heavy (non-hydrogen) atoms. The molecule has 0 spiro atoms. The van der Waals surface area contributed by atoms with Crippen molar-refractivity contribution < 1.29 is 18.8 Å². The number of cyclic esters (lactones) is 1. The molecule has 114 valence electrons. The van der Waals surface area contributed by atoms with Crippen molar-refractivity contribution in [2.75, 3.05) is 13.7 Å². The van der Waals surface area contributed by atoms with Crippen LogP contribution in [0.3, 0.4) is 0 Å². The minimum atomic E-state index is -0.672. The second-order valence-electron chi connectivity index (χ2n) is 4.87. The van der Waals surface area contributed by atoms with Crippen molar-refractivity contribution >= 4 is 12.0 Å². The maximum Gasteiger partial charge on any atom is 0.407 e. The predicted molar refractivity (Wildman–Crippen MR) is 74.5 cm³/mol. The number of hydrogen-bond acceptors (Lipinski definition) is 6. The van der Waals surface area contributed by atoms with E-state index in [1.807, 2.05) is 30.3 Å². The Kier molecular flexibility index (Phi) is 3.73. The minimum absolute atomic E-state index is 0.0289. The molecule has 0 radical (unpaired) electrons. The highest BCUT2D eigenvalue weighted by molar-refractivity contribution is 5.87. The Balaban J connectivity index is 1.65. The van der Waals surface area contributed by atoms with Gasteiger partial charge in [-0.3, -0.25) is 4.79 Å². The van der Waals surface area contributed by atoms with Gasteiger partial charge in [-0.25, -0.2) is 4.79 Å². The molecule has 3 rings (SSSR count). The molecule has 1 N–H and O–H groups in total. The van der Waals surface area contributed by atoms with Crippen molar-refractivity contribution in [3.8, 4) is 11.4 Å². The number of rotatable bonds is 4. The first-order valence-electron chi connectivity index (χ1n) is 6.70. The Labute approximate surface area is 126 Å². The van der Waals surface area contributed by atoms with Gasteiger partial charge in [-0.05, 0) is 0 Å². The zero-order valence-corrected chi connectivity index (χ0v) is 11.9. The number of nitrogens with one attached hydrogen (secondary N) is 1. The van der Waals surface area contributed by atoms with Gasteiger partial charge >= 0.3 is 6.09 Å². The van der Waals surface area contributed by atoms with E-state index in [-0.39, 0.29) is 19.1 Å². The summed E-state index contributed by atoms with van der Waals surface area (Å²) in [4.78, 5) is 28.7. The van der Waals surface area contributed by atoms with Gasteiger partial charge in [0.1, 0.15) is 12.6 Å². The van der Waals surface area contributed by atoms with Crippen LogP contribution in [0, 0.1) is 0 Å². The third-order valence-electron chi connectivity index (χ3n) is 3.22. The van der Waals surface area contributed by atoms with Gasteiger partial charge in [0.05, 0.1) is 6.54 Å². The third kappa shape index (κ3) is 2.90. The summed E-state index contributed by atoms with van der Waals surface area (Å²) < 4.78 is 9.85. The van der Waals surface area contributed by atoms with Crippen LogP contribution in [0.15, 0.2) is 34.9 Å². The number of nitrogens with zero attached hydrogens (tertiary/aromatic N) is 3. The first kappa shape index (κ1) is 14.1. The van der Waals surface area contributed by atoms with E-state index >= 15 is 0 Å². The van der Waals surface area contributed by atoms with E-state index in [1.165, 1.54) is 4.90 Å². The van der Waals surface area contributed by atoms with Crippen molar-refractivity contribution in [3.63, 3.8) is 0 Å². The summed E-state index contributed by atoms with van der Waals surface area (Å²) in [6.45, 7) is 0.187. The molecule has 2 heterocycles. The van der Waals surface area contributed by atoms with E-state index in [9.17, 15) is 9.59 Å². The Morgan fingerprint density at radius 3 is 2.86 bits per heavy atom. The molecule has 1 aromatic heterocycles.